The number of halogens is 1. The SMILES string of the molecule is CCCOc1ccc(CN=C(NCC)NCC2(CCOC)CCC2)cn1.I. The lowest BCUT2D eigenvalue weighted by Gasteiger charge is -2.42. The Bertz CT molecular complexity index is 547. The number of hydrogen-bond acceptors (Lipinski definition) is 4. The highest BCUT2D eigenvalue weighted by atomic mass is 127. The molecular formula is C20H35IN4O2. The minimum Gasteiger partial charge on any atom is -0.478 e. The van der Waals surface area contributed by atoms with Crippen LogP contribution in [0.1, 0.15) is 51.5 Å². The maximum absolute atomic E-state index is 5.52. The molecule has 6 nitrogen and oxygen atoms in total. The molecule has 0 amide bonds. The fourth-order valence-electron chi connectivity index (χ4n) is 3.09. The van der Waals surface area contributed by atoms with Crippen molar-refractivity contribution in [2.24, 2.45) is 10.4 Å². The van der Waals surface area contributed by atoms with E-state index in [1.807, 2.05) is 18.3 Å². The van der Waals surface area contributed by atoms with Crippen molar-refractivity contribution < 1.29 is 9.47 Å². The van der Waals surface area contributed by atoms with Gasteiger partial charge in [0, 0.05) is 39.1 Å². The molecule has 1 fully saturated rings. The zero-order valence-corrected chi connectivity index (χ0v) is 19.3. The molecule has 0 bridgehead atoms. The third-order valence-electron chi connectivity index (χ3n) is 4.90. The Balaban J connectivity index is 0.00000364. The van der Waals surface area contributed by atoms with E-state index in [9.17, 15) is 0 Å². The molecule has 1 aliphatic carbocycles. The second-order valence-corrected chi connectivity index (χ2v) is 7.00. The average Bonchev–Trinajstić information content (AvgIpc) is 2.64. The number of aromatic nitrogens is 1. The number of guanidine groups is 1. The van der Waals surface area contributed by atoms with E-state index in [0.717, 1.165) is 44.1 Å². The summed E-state index contributed by atoms with van der Waals surface area (Å²) in [6.07, 6.45) is 7.79. The molecule has 27 heavy (non-hydrogen) atoms. The number of pyridine rings is 1. The first kappa shape index (κ1) is 23.9. The van der Waals surface area contributed by atoms with E-state index < -0.39 is 0 Å². The fourth-order valence-corrected chi connectivity index (χ4v) is 3.09. The van der Waals surface area contributed by atoms with Crippen LogP contribution in [0.4, 0.5) is 0 Å². The lowest BCUT2D eigenvalue weighted by Crippen LogP contribution is -2.46. The zero-order valence-electron chi connectivity index (χ0n) is 16.9. The zero-order chi connectivity index (χ0) is 18.7. The van der Waals surface area contributed by atoms with Gasteiger partial charge in [-0.2, -0.15) is 0 Å². The smallest absolute Gasteiger partial charge is 0.213 e. The molecule has 0 atom stereocenters. The minimum absolute atomic E-state index is 0. The molecule has 0 unspecified atom stereocenters. The van der Waals surface area contributed by atoms with Crippen LogP contribution in [0.3, 0.4) is 0 Å². The maximum atomic E-state index is 5.52. The van der Waals surface area contributed by atoms with Gasteiger partial charge < -0.3 is 20.1 Å². The van der Waals surface area contributed by atoms with Crippen LogP contribution >= 0.6 is 24.0 Å². The van der Waals surface area contributed by atoms with Crippen molar-refractivity contribution in [3.63, 3.8) is 0 Å². The number of aliphatic imine (C=N–C) groups is 1. The van der Waals surface area contributed by atoms with Crippen molar-refractivity contribution in [3.8, 4) is 5.88 Å². The molecule has 2 rings (SSSR count). The lowest BCUT2D eigenvalue weighted by molar-refractivity contribution is 0.0732. The predicted octanol–water partition coefficient (Wildman–Crippen LogP) is 3.75. The van der Waals surface area contributed by atoms with Gasteiger partial charge in [0.2, 0.25) is 5.88 Å². The van der Waals surface area contributed by atoms with Crippen molar-refractivity contribution in [1.82, 2.24) is 15.6 Å². The highest BCUT2D eigenvalue weighted by Gasteiger charge is 2.36. The summed E-state index contributed by atoms with van der Waals surface area (Å²) in [5.74, 6) is 1.54. The third kappa shape index (κ3) is 8.21. The first-order chi connectivity index (χ1) is 12.7. The molecule has 1 heterocycles. The van der Waals surface area contributed by atoms with Crippen molar-refractivity contribution >= 4 is 29.9 Å². The molecule has 0 aromatic carbocycles. The lowest BCUT2D eigenvalue weighted by atomic mass is 9.67. The van der Waals surface area contributed by atoms with E-state index in [1.165, 1.54) is 19.3 Å². The topological polar surface area (TPSA) is 67.8 Å². The van der Waals surface area contributed by atoms with Crippen LogP contribution in [0.25, 0.3) is 0 Å². The molecule has 1 aromatic heterocycles. The average molecular weight is 490 g/mol. The van der Waals surface area contributed by atoms with Gasteiger partial charge >= 0.3 is 0 Å². The van der Waals surface area contributed by atoms with Gasteiger partial charge in [0.05, 0.1) is 13.2 Å². The van der Waals surface area contributed by atoms with E-state index in [0.29, 0.717) is 24.4 Å². The maximum Gasteiger partial charge on any atom is 0.213 e. The first-order valence-corrected chi connectivity index (χ1v) is 9.80. The summed E-state index contributed by atoms with van der Waals surface area (Å²) in [4.78, 5) is 9.03. The third-order valence-corrected chi connectivity index (χ3v) is 4.90. The van der Waals surface area contributed by atoms with Gasteiger partial charge in [0.25, 0.3) is 0 Å². The Morgan fingerprint density at radius 2 is 2.04 bits per heavy atom. The Kier molecular flexibility index (Phi) is 11.7. The Morgan fingerprint density at radius 1 is 1.22 bits per heavy atom. The number of hydrogen-bond donors (Lipinski definition) is 2. The molecule has 0 radical (unpaired) electrons. The van der Waals surface area contributed by atoms with E-state index in [4.69, 9.17) is 14.5 Å². The summed E-state index contributed by atoms with van der Waals surface area (Å²) in [6.45, 7) is 8.09. The van der Waals surface area contributed by atoms with Gasteiger partial charge in [-0.1, -0.05) is 19.4 Å². The summed E-state index contributed by atoms with van der Waals surface area (Å²) in [5.41, 5.74) is 1.44. The minimum atomic E-state index is 0. The van der Waals surface area contributed by atoms with Gasteiger partial charge in [-0.25, -0.2) is 9.98 Å². The Hall–Kier alpha value is -1.09. The number of ether oxygens (including phenoxy) is 2. The summed E-state index contributed by atoms with van der Waals surface area (Å²) >= 11 is 0. The standard InChI is InChI=1S/C20H34N4O2.HI/c1-4-12-26-18-8-7-17(14-22-18)15-23-19(21-5-2)24-16-20(9-6-10-20)11-13-25-3;/h7-8,14H,4-6,9-13,15-16H2,1-3H3,(H2,21,23,24);1H. The molecule has 7 heteroatoms. The van der Waals surface area contributed by atoms with Crippen molar-refractivity contribution in [2.45, 2.75) is 52.5 Å². The van der Waals surface area contributed by atoms with E-state index in [2.05, 4.69) is 29.5 Å². The van der Waals surface area contributed by atoms with Gasteiger partial charge in [-0.05, 0) is 43.6 Å². The van der Waals surface area contributed by atoms with Crippen LogP contribution in [-0.4, -0.2) is 44.4 Å². The molecule has 0 spiro atoms. The molecule has 1 saturated carbocycles. The van der Waals surface area contributed by atoms with Gasteiger partial charge in [-0.3, -0.25) is 0 Å². The van der Waals surface area contributed by atoms with Gasteiger partial charge in [0.1, 0.15) is 0 Å². The van der Waals surface area contributed by atoms with E-state index >= 15 is 0 Å². The summed E-state index contributed by atoms with van der Waals surface area (Å²) in [6, 6.07) is 3.94. The molecule has 0 aliphatic heterocycles. The quantitative estimate of drug-likeness (QED) is 0.281. The van der Waals surface area contributed by atoms with Crippen molar-refractivity contribution in [3.05, 3.63) is 23.9 Å². The Labute approximate surface area is 180 Å². The summed E-state index contributed by atoms with van der Waals surface area (Å²) in [7, 11) is 1.78. The van der Waals surface area contributed by atoms with E-state index in [-0.39, 0.29) is 24.0 Å². The van der Waals surface area contributed by atoms with Crippen LogP contribution < -0.4 is 15.4 Å². The highest BCUT2D eigenvalue weighted by Crippen LogP contribution is 2.43. The second-order valence-electron chi connectivity index (χ2n) is 7.00. The molecule has 0 saturated heterocycles. The number of nitrogens with zero attached hydrogens (tertiary/aromatic N) is 2. The molecule has 154 valence electrons. The van der Waals surface area contributed by atoms with E-state index in [1.54, 1.807) is 7.11 Å². The first-order valence-electron chi connectivity index (χ1n) is 9.80. The van der Waals surface area contributed by atoms with Gasteiger partial charge in [0.15, 0.2) is 5.96 Å². The fraction of sp³-hybridized carbons (Fsp3) is 0.700. The molecule has 2 N–H and O–H groups in total. The van der Waals surface area contributed by atoms with Crippen molar-refractivity contribution in [1.29, 1.82) is 0 Å². The Morgan fingerprint density at radius 3 is 2.59 bits per heavy atom. The monoisotopic (exact) mass is 490 g/mol. The van der Waals surface area contributed by atoms with Gasteiger partial charge in [-0.15, -0.1) is 24.0 Å². The van der Waals surface area contributed by atoms with Crippen molar-refractivity contribution in [2.75, 3.05) is 33.4 Å². The van der Waals surface area contributed by atoms with Crippen LogP contribution in [0.2, 0.25) is 0 Å². The molecule has 1 aliphatic rings. The van der Waals surface area contributed by atoms with Crippen LogP contribution in [0.5, 0.6) is 5.88 Å². The van der Waals surface area contributed by atoms with Crippen LogP contribution in [0.15, 0.2) is 23.3 Å². The number of methoxy groups -OCH3 is 1. The predicted molar refractivity (Wildman–Crippen MR) is 121 cm³/mol. The normalized spacial score (nSPS) is 15.4. The molecule has 1 aromatic rings. The summed E-state index contributed by atoms with van der Waals surface area (Å²) < 4.78 is 10.8. The highest BCUT2D eigenvalue weighted by molar-refractivity contribution is 14.0. The van der Waals surface area contributed by atoms with Crippen LogP contribution in [0, 0.1) is 5.41 Å². The van der Waals surface area contributed by atoms with Crippen LogP contribution in [-0.2, 0) is 11.3 Å². The number of rotatable bonds is 11. The summed E-state index contributed by atoms with van der Waals surface area (Å²) in [5, 5.41) is 6.85. The number of nitrogens with one attached hydrogen (secondary N) is 2. The second kappa shape index (κ2) is 13.1. The largest absolute Gasteiger partial charge is 0.478 e. The molecular weight excluding hydrogens is 455 g/mol.